The van der Waals surface area contributed by atoms with Crippen molar-refractivity contribution in [3.8, 4) is 0 Å². The summed E-state index contributed by atoms with van der Waals surface area (Å²) in [5, 5.41) is 6.28. The van der Waals surface area contributed by atoms with Crippen molar-refractivity contribution in [3.05, 3.63) is 87.5 Å². The molecule has 1 aliphatic rings. The molecule has 180 valence electrons. The van der Waals surface area contributed by atoms with E-state index in [2.05, 4.69) is 15.4 Å². The van der Waals surface area contributed by atoms with Crippen LogP contribution in [0.3, 0.4) is 0 Å². The second-order valence-electron chi connectivity index (χ2n) is 8.09. The van der Waals surface area contributed by atoms with Gasteiger partial charge in [0, 0.05) is 29.2 Å². The summed E-state index contributed by atoms with van der Waals surface area (Å²) in [4.78, 5) is 0. The second-order valence-corrected chi connectivity index (χ2v) is 11.0. The second kappa shape index (κ2) is 11.0. The zero-order chi connectivity index (χ0) is 24.1. The van der Waals surface area contributed by atoms with Gasteiger partial charge >= 0.3 is 10.2 Å². The molecule has 6 nitrogen and oxygen atoms in total. The van der Waals surface area contributed by atoms with Gasteiger partial charge in [-0.2, -0.15) is 12.7 Å². The van der Waals surface area contributed by atoms with Crippen LogP contribution in [0.5, 0.6) is 0 Å². The fourth-order valence-corrected chi connectivity index (χ4v) is 5.54. The summed E-state index contributed by atoms with van der Waals surface area (Å²) in [5.41, 5.74) is 1.57. The lowest BCUT2D eigenvalue weighted by atomic mass is 10.1. The molecule has 0 atom stereocenters. The molecule has 0 spiro atoms. The van der Waals surface area contributed by atoms with Gasteiger partial charge in [-0.3, -0.25) is 4.72 Å². The van der Waals surface area contributed by atoms with E-state index in [4.69, 9.17) is 0 Å². The Morgan fingerprint density at radius 3 is 2.32 bits per heavy atom. The molecule has 0 aliphatic carbocycles. The Labute approximate surface area is 212 Å². The van der Waals surface area contributed by atoms with Gasteiger partial charge in [-0.05, 0) is 77.4 Å². The van der Waals surface area contributed by atoms with E-state index in [0.717, 1.165) is 18.7 Å². The van der Waals surface area contributed by atoms with E-state index >= 15 is 0 Å². The molecule has 0 aromatic heterocycles. The van der Waals surface area contributed by atoms with Gasteiger partial charge in [-0.25, -0.2) is 8.78 Å². The van der Waals surface area contributed by atoms with Crippen LogP contribution in [0, 0.1) is 15.2 Å². The molecule has 4 rings (SSSR count). The molecule has 10 heteroatoms. The van der Waals surface area contributed by atoms with E-state index in [9.17, 15) is 17.2 Å². The van der Waals surface area contributed by atoms with E-state index < -0.39 is 21.8 Å². The largest absolute Gasteiger partial charge is 0.351 e. The summed E-state index contributed by atoms with van der Waals surface area (Å²) in [5.74, 6) is -1.09. The Hall–Kier alpha value is -2.28. The molecule has 1 aliphatic heterocycles. The van der Waals surface area contributed by atoms with Crippen molar-refractivity contribution in [2.24, 2.45) is 0 Å². The van der Waals surface area contributed by atoms with Crippen LogP contribution in [0.1, 0.15) is 18.4 Å². The van der Waals surface area contributed by atoms with Crippen molar-refractivity contribution < 1.29 is 17.2 Å². The van der Waals surface area contributed by atoms with Crippen LogP contribution in [-0.2, 0) is 16.8 Å². The van der Waals surface area contributed by atoms with Crippen LogP contribution in [0.25, 0.3) is 0 Å². The van der Waals surface area contributed by atoms with Crippen molar-refractivity contribution in [2.75, 3.05) is 23.1 Å². The zero-order valence-electron chi connectivity index (χ0n) is 18.3. The lowest BCUT2D eigenvalue weighted by Crippen LogP contribution is -2.46. The highest BCUT2D eigenvalue weighted by atomic mass is 127. The van der Waals surface area contributed by atoms with E-state index in [1.54, 1.807) is 6.07 Å². The van der Waals surface area contributed by atoms with Gasteiger partial charge in [0.25, 0.3) is 0 Å². The first-order valence-electron chi connectivity index (χ1n) is 10.9. The molecule has 1 fully saturated rings. The predicted octanol–water partition coefficient (Wildman–Crippen LogP) is 5.22. The zero-order valence-corrected chi connectivity index (χ0v) is 21.2. The molecule has 1 heterocycles. The molecule has 3 N–H and O–H groups in total. The van der Waals surface area contributed by atoms with Crippen LogP contribution in [0.4, 0.5) is 25.8 Å². The molecule has 0 bridgehead atoms. The third-order valence-corrected chi connectivity index (χ3v) is 7.85. The molecular weight excluding hydrogens is 573 g/mol. The summed E-state index contributed by atoms with van der Waals surface area (Å²) >= 11 is 1.99. The van der Waals surface area contributed by atoms with Crippen LogP contribution < -0.4 is 15.4 Å². The van der Waals surface area contributed by atoms with Gasteiger partial charge in [0.2, 0.25) is 0 Å². The highest BCUT2D eigenvalue weighted by molar-refractivity contribution is 14.1. The van der Waals surface area contributed by atoms with Gasteiger partial charge in [0.1, 0.15) is 11.6 Å². The number of halogens is 3. The minimum atomic E-state index is -3.87. The maximum atomic E-state index is 14.3. The first kappa shape index (κ1) is 24.8. The van der Waals surface area contributed by atoms with E-state index in [0.29, 0.717) is 29.5 Å². The molecule has 0 amide bonds. The first-order valence-corrected chi connectivity index (χ1v) is 13.4. The first-order chi connectivity index (χ1) is 16.3. The molecule has 0 unspecified atom stereocenters. The number of hydrogen-bond acceptors (Lipinski definition) is 4. The minimum Gasteiger partial charge on any atom is -0.351 e. The monoisotopic (exact) mass is 598 g/mol. The average molecular weight is 598 g/mol. The SMILES string of the molecule is O=S(=O)(Nc1ccc(F)cc1Nc1ccc(I)cc1F)N1CCC(NCc2ccccc2)CC1. The Morgan fingerprint density at radius 2 is 1.62 bits per heavy atom. The smallest absolute Gasteiger partial charge is 0.301 e. The molecule has 3 aromatic carbocycles. The molecule has 0 radical (unpaired) electrons. The maximum absolute atomic E-state index is 14.3. The van der Waals surface area contributed by atoms with Crippen LogP contribution in [-0.4, -0.2) is 31.9 Å². The molecule has 34 heavy (non-hydrogen) atoms. The van der Waals surface area contributed by atoms with Gasteiger partial charge in [0.15, 0.2) is 0 Å². The van der Waals surface area contributed by atoms with E-state index in [1.165, 1.54) is 28.1 Å². The van der Waals surface area contributed by atoms with Gasteiger partial charge in [-0.1, -0.05) is 30.3 Å². The summed E-state index contributed by atoms with van der Waals surface area (Å²) in [7, 11) is -3.87. The van der Waals surface area contributed by atoms with E-state index in [-0.39, 0.29) is 23.1 Å². The molecule has 3 aromatic rings. The number of benzene rings is 3. The summed E-state index contributed by atoms with van der Waals surface area (Å²) in [6.07, 6.45) is 1.35. The Balaban J connectivity index is 1.40. The molecular formula is C24H25F2IN4O2S. The van der Waals surface area contributed by atoms with Crippen LogP contribution >= 0.6 is 22.6 Å². The minimum absolute atomic E-state index is 0.122. The maximum Gasteiger partial charge on any atom is 0.301 e. The van der Waals surface area contributed by atoms with Crippen molar-refractivity contribution in [1.29, 1.82) is 0 Å². The lowest BCUT2D eigenvalue weighted by Gasteiger charge is -2.32. The van der Waals surface area contributed by atoms with Crippen molar-refractivity contribution >= 4 is 49.9 Å². The van der Waals surface area contributed by atoms with Gasteiger partial charge < -0.3 is 10.6 Å². The number of nitrogens with one attached hydrogen (secondary N) is 3. The predicted molar refractivity (Wildman–Crippen MR) is 139 cm³/mol. The Kier molecular flexibility index (Phi) is 8.02. The van der Waals surface area contributed by atoms with Gasteiger partial charge in [0.05, 0.1) is 17.1 Å². The number of rotatable bonds is 8. The fraction of sp³-hybridized carbons (Fsp3) is 0.250. The fourth-order valence-electron chi connectivity index (χ4n) is 3.81. The lowest BCUT2D eigenvalue weighted by molar-refractivity contribution is 0.290. The topological polar surface area (TPSA) is 73.5 Å². The van der Waals surface area contributed by atoms with Crippen LogP contribution in [0.2, 0.25) is 0 Å². The van der Waals surface area contributed by atoms with Crippen molar-refractivity contribution in [1.82, 2.24) is 9.62 Å². The van der Waals surface area contributed by atoms with Gasteiger partial charge in [-0.15, -0.1) is 0 Å². The van der Waals surface area contributed by atoms with Crippen molar-refractivity contribution in [2.45, 2.75) is 25.4 Å². The normalized spacial score (nSPS) is 15.3. The van der Waals surface area contributed by atoms with E-state index in [1.807, 2.05) is 52.9 Å². The van der Waals surface area contributed by atoms with Crippen molar-refractivity contribution in [3.63, 3.8) is 0 Å². The highest BCUT2D eigenvalue weighted by Crippen LogP contribution is 2.30. The standard InChI is InChI=1S/C24H25F2IN4O2S/c25-18-6-8-23(24(14-18)29-22-9-7-19(27)15-21(22)26)30-34(32,33)31-12-10-20(11-13-31)28-16-17-4-2-1-3-5-17/h1-9,14-15,20,28-30H,10-13,16H2. The Morgan fingerprint density at radius 1 is 0.912 bits per heavy atom. The van der Waals surface area contributed by atoms with Crippen LogP contribution in [0.15, 0.2) is 66.7 Å². The summed E-state index contributed by atoms with van der Waals surface area (Å²) < 4.78 is 58.9. The Bertz CT molecular complexity index is 1240. The number of nitrogens with zero attached hydrogens (tertiary/aromatic N) is 1. The summed E-state index contributed by atoms with van der Waals surface area (Å²) in [6.45, 7) is 1.45. The number of piperidine rings is 1. The summed E-state index contributed by atoms with van der Waals surface area (Å²) in [6, 6.07) is 18.4. The molecule has 0 saturated carbocycles. The third-order valence-electron chi connectivity index (χ3n) is 5.65. The quantitative estimate of drug-likeness (QED) is 0.311. The highest BCUT2D eigenvalue weighted by Gasteiger charge is 2.28. The number of anilines is 3. The third kappa shape index (κ3) is 6.44. The average Bonchev–Trinajstić information content (AvgIpc) is 2.82. The number of hydrogen-bond donors (Lipinski definition) is 3. The molecule has 1 saturated heterocycles.